The van der Waals surface area contributed by atoms with Gasteiger partial charge in [0.15, 0.2) is 0 Å². The van der Waals surface area contributed by atoms with Gasteiger partial charge in [0.25, 0.3) is 0 Å². The zero-order chi connectivity index (χ0) is 15.5. The summed E-state index contributed by atoms with van der Waals surface area (Å²) >= 11 is 0. The normalized spacial score (nSPS) is 15.8. The van der Waals surface area contributed by atoms with Gasteiger partial charge in [0.1, 0.15) is 18.2 Å². The molecule has 1 aromatic carbocycles. The Morgan fingerprint density at radius 1 is 1.45 bits per heavy atom. The minimum atomic E-state index is 0.239. The summed E-state index contributed by atoms with van der Waals surface area (Å²) < 4.78 is 7.71. The quantitative estimate of drug-likeness (QED) is 0.922. The highest BCUT2D eigenvalue weighted by atomic mass is 16.5. The number of hydrogen-bond donors (Lipinski definition) is 1. The first-order valence-corrected chi connectivity index (χ1v) is 7.83. The SMILES string of the molecule is CCN(Cc1cnc2n1CCOC2)C(C)c1cccc(O)c1. The first kappa shape index (κ1) is 15.1. The number of phenolic OH excluding ortho intramolecular Hbond substituents is 1. The number of ether oxygens (including phenoxy) is 1. The lowest BCUT2D eigenvalue weighted by Crippen LogP contribution is -2.28. The zero-order valence-corrected chi connectivity index (χ0v) is 13.2. The molecule has 1 atom stereocenters. The van der Waals surface area contributed by atoms with Gasteiger partial charge < -0.3 is 14.4 Å². The second-order valence-electron chi connectivity index (χ2n) is 5.70. The van der Waals surface area contributed by atoms with Gasteiger partial charge in [0.05, 0.1) is 12.3 Å². The molecule has 1 aliphatic rings. The van der Waals surface area contributed by atoms with E-state index in [1.807, 2.05) is 18.3 Å². The molecule has 0 amide bonds. The van der Waals surface area contributed by atoms with Crippen molar-refractivity contribution in [3.05, 3.63) is 47.5 Å². The summed E-state index contributed by atoms with van der Waals surface area (Å²) in [7, 11) is 0. The molecule has 1 N–H and O–H groups in total. The topological polar surface area (TPSA) is 50.5 Å². The molecule has 0 saturated carbocycles. The largest absolute Gasteiger partial charge is 0.508 e. The highest BCUT2D eigenvalue weighted by Crippen LogP contribution is 2.25. The van der Waals surface area contributed by atoms with Crippen LogP contribution in [0.25, 0.3) is 0 Å². The van der Waals surface area contributed by atoms with Gasteiger partial charge in [-0.05, 0) is 31.2 Å². The fourth-order valence-corrected chi connectivity index (χ4v) is 3.01. The molecule has 0 fully saturated rings. The van der Waals surface area contributed by atoms with E-state index in [0.717, 1.165) is 37.6 Å². The summed E-state index contributed by atoms with van der Waals surface area (Å²) in [6.45, 7) is 8.36. The van der Waals surface area contributed by atoms with Crippen LogP contribution in [0, 0.1) is 0 Å². The average Bonchev–Trinajstić information content (AvgIpc) is 2.95. The van der Waals surface area contributed by atoms with E-state index in [2.05, 4.69) is 34.4 Å². The molecule has 0 bridgehead atoms. The number of rotatable bonds is 5. The van der Waals surface area contributed by atoms with Crippen LogP contribution in [0.15, 0.2) is 30.5 Å². The molecule has 2 heterocycles. The van der Waals surface area contributed by atoms with Crippen LogP contribution < -0.4 is 0 Å². The van der Waals surface area contributed by atoms with Gasteiger partial charge >= 0.3 is 0 Å². The lowest BCUT2D eigenvalue weighted by Gasteiger charge is -2.29. The number of aromatic nitrogens is 2. The lowest BCUT2D eigenvalue weighted by atomic mass is 10.1. The molecule has 5 nitrogen and oxygen atoms in total. The van der Waals surface area contributed by atoms with Crippen LogP contribution in [0.2, 0.25) is 0 Å². The van der Waals surface area contributed by atoms with Crippen LogP contribution >= 0.6 is 0 Å². The fraction of sp³-hybridized carbons (Fsp3) is 0.471. The summed E-state index contributed by atoms with van der Waals surface area (Å²) in [6, 6.07) is 7.75. The van der Waals surface area contributed by atoms with Crippen molar-refractivity contribution in [1.29, 1.82) is 0 Å². The predicted octanol–water partition coefficient (Wildman–Crippen LogP) is 2.70. The minimum Gasteiger partial charge on any atom is -0.508 e. The van der Waals surface area contributed by atoms with E-state index in [4.69, 9.17) is 4.74 Å². The monoisotopic (exact) mass is 301 g/mol. The maximum Gasteiger partial charge on any atom is 0.135 e. The molecule has 1 aromatic heterocycles. The first-order valence-electron chi connectivity index (χ1n) is 7.83. The van der Waals surface area contributed by atoms with Gasteiger partial charge in [0, 0.05) is 25.3 Å². The van der Waals surface area contributed by atoms with Gasteiger partial charge in [-0.15, -0.1) is 0 Å². The fourth-order valence-electron chi connectivity index (χ4n) is 3.01. The minimum absolute atomic E-state index is 0.239. The van der Waals surface area contributed by atoms with Gasteiger partial charge in [-0.1, -0.05) is 19.1 Å². The molecule has 0 saturated heterocycles. The molecule has 0 spiro atoms. The molecule has 22 heavy (non-hydrogen) atoms. The second kappa shape index (κ2) is 6.50. The predicted molar refractivity (Wildman–Crippen MR) is 84.5 cm³/mol. The Bertz CT molecular complexity index is 639. The van der Waals surface area contributed by atoms with Crippen LogP contribution in [0.5, 0.6) is 5.75 Å². The van der Waals surface area contributed by atoms with E-state index >= 15 is 0 Å². The van der Waals surface area contributed by atoms with Crippen molar-refractivity contribution in [2.24, 2.45) is 0 Å². The lowest BCUT2D eigenvalue weighted by molar-refractivity contribution is 0.0791. The van der Waals surface area contributed by atoms with Gasteiger partial charge in [-0.2, -0.15) is 0 Å². The number of aromatic hydroxyl groups is 1. The molecule has 1 aliphatic heterocycles. The molecule has 1 unspecified atom stereocenters. The van der Waals surface area contributed by atoms with E-state index in [1.165, 1.54) is 5.69 Å². The number of imidazole rings is 1. The molecular formula is C17H23N3O2. The number of phenols is 1. The third kappa shape index (κ3) is 3.00. The standard InChI is InChI=1S/C17H23N3O2/c1-3-19(13(2)14-5-4-6-16(21)9-14)11-15-10-18-17-12-22-8-7-20(15)17/h4-6,9-10,13,21H,3,7-8,11-12H2,1-2H3. The van der Waals surface area contributed by atoms with Crippen molar-refractivity contribution in [2.75, 3.05) is 13.2 Å². The number of hydrogen-bond acceptors (Lipinski definition) is 4. The van der Waals surface area contributed by atoms with Crippen molar-refractivity contribution >= 4 is 0 Å². The van der Waals surface area contributed by atoms with Crippen LogP contribution in [-0.4, -0.2) is 32.7 Å². The third-order valence-corrected chi connectivity index (χ3v) is 4.38. The summed E-state index contributed by atoms with van der Waals surface area (Å²) in [6.07, 6.45) is 1.96. The maximum atomic E-state index is 9.68. The average molecular weight is 301 g/mol. The van der Waals surface area contributed by atoms with E-state index in [1.54, 1.807) is 6.07 Å². The Kier molecular flexibility index (Phi) is 4.45. The number of fused-ring (bicyclic) bond motifs is 1. The van der Waals surface area contributed by atoms with Crippen LogP contribution in [0.3, 0.4) is 0 Å². The Labute approximate surface area is 131 Å². The molecule has 3 rings (SSSR count). The highest BCUT2D eigenvalue weighted by Gasteiger charge is 2.19. The summed E-state index contributed by atoms with van der Waals surface area (Å²) in [5.74, 6) is 1.33. The molecule has 5 heteroatoms. The Morgan fingerprint density at radius 2 is 2.32 bits per heavy atom. The maximum absolute atomic E-state index is 9.68. The summed E-state index contributed by atoms with van der Waals surface area (Å²) in [4.78, 5) is 6.85. The van der Waals surface area contributed by atoms with E-state index in [9.17, 15) is 5.11 Å². The third-order valence-electron chi connectivity index (χ3n) is 4.38. The van der Waals surface area contributed by atoms with Crippen LogP contribution in [0.1, 0.15) is 37.0 Å². The highest BCUT2D eigenvalue weighted by molar-refractivity contribution is 5.29. The van der Waals surface area contributed by atoms with Gasteiger partial charge in [0.2, 0.25) is 0 Å². The summed E-state index contributed by atoms with van der Waals surface area (Å²) in [5, 5.41) is 9.68. The zero-order valence-electron chi connectivity index (χ0n) is 13.2. The smallest absolute Gasteiger partial charge is 0.135 e. The molecule has 118 valence electrons. The van der Waals surface area contributed by atoms with E-state index in [-0.39, 0.29) is 6.04 Å². The molecular weight excluding hydrogens is 278 g/mol. The Morgan fingerprint density at radius 3 is 3.09 bits per heavy atom. The Balaban J connectivity index is 1.78. The van der Waals surface area contributed by atoms with Crippen molar-refractivity contribution in [3.8, 4) is 5.75 Å². The van der Waals surface area contributed by atoms with Crippen molar-refractivity contribution in [1.82, 2.24) is 14.5 Å². The van der Waals surface area contributed by atoms with Crippen LogP contribution in [0.4, 0.5) is 0 Å². The van der Waals surface area contributed by atoms with Crippen molar-refractivity contribution in [3.63, 3.8) is 0 Å². The first-order chi connectivity index (χ1) is 10.7. The van der Waals surface area contributed by atoms with Crippen LogP contribution in [-0.2, 0) is 24.4 Å². The number of nitrogens with zero attached hydrogens (tertiary/aromatic N) is 3. The van der Waals surface area contributed by atoms with Crippen molar-refractivity contribution in [2.45, 2.75) is 39.6 Å². The second-order valence-corrected chi connectivity index (χ2v) is 5.70. The molecule has 0 radical (unpaired) electrons. The van der Waals surface area contributed by atoms with Gasteiger partial charge in [-0.25, -0.2) is 4.98 Å². The molecule has 2 aromatic rings. The van der Waals surface area contributed by atoms with Crippen molar-refractivity contribution < 1.29 is 9.84 Å². The van der Waals surface area contributed by atoms with E-state index < -0.39 is 0 Å². The van der Waals surface area contributed by atoms with E-state index in [0.29, 0.717) is 12.4 Å². The van der Waals surface area contributed by atoms with Gasteiger partial charge in [-0.3, -0.25) is 4.90 Å². The molecule has 0 aliphatic carbocycles. The summed E-state index contributed by atoms with van der Waals surface area (Å²) in [5.41, 5.74) is 2.36. The Hall–Kier alpha value is -1.85. The number of benzene rings is 1.